The molecule has 0 fully saturated rings. The Morgan fingerprint density at radius 1 is 1.04 bits per heavy atom. The second kappa shape index (κ2) is 7.09. The van der Waals surface area contributed by atoms with Crippen molar-refractivity contribution in [1.82, 2.24) is 5.32 Å². The number of nitrogens with one attached hydrogen (secondary N) is 1. The van der Waals surface area contributed by atoms with Crippen molar-refractivity contribution in [2.75, 3.05) is 14.2 Å². The maximum atomic E-state index is 13.8. The van der Waals surface area contributed by atoms with E-state index >= 15 is 0 Å². The molecule has 2 rings (SSSR count). The molecule has 0 aliphatic carbocycles. The quantitative estimate of drug-likeness (QED) is 0.917. The predicted octanol–water partition coefficient (Wildman–Crippen LogP) is 3.47. The Labute approximate surface area is 133 Å². The lowest BCUT2D eigenvalue weighted by Crippen LogP contribution is -2.27. The highest BCUT2D eigenvalue weighted by Crippen LogP contribution is 2.24. The number of amides is 1. The first-order valence-electron chi connectivity index (χ1n) is 6.93. The van der Waals surface area contributed by atoms with Crippen LogP contribution in [-0.2, 0) is 0 Å². The number of rotatable bonds is 5. The summed E-state index contributed by atoms with van der Waals surface area (Å²) in [4.78, 5) is 12.3. The molecule has 1 N–H and O–H groups in total. The van der Waals surface area contributed by atoms with Crippen LogP contribution in [0.4, 0.5) is 8.78 Å². The van der Waals surface area contributed by atoms with Gasteiger partial charge in [-0.1, -0.05) is 0 Å². The van der Waals surface area contributed by atoms with E-state index in [1.807, 2.05) is 0 Å². The van der Waals surface area contributed by atoms with E-state index in [0.717, 1.165) is 18.2 Å². The third-order valence-electron chi connectivity index (χ3n) is 3.39. The normalized spacial score (nSPS) is 11.7. The summed E-state index contributed by atoms with van der Waals surface area (Å²) in [6, 6.07) is 7.12. The summed E-state index contributed by atoms with van der Waals surface area (Å²) in [5.74, 6) is -0.676. The Balaban J connectivity index is 2.23. The zero-order valence-corrected chi connectivity index (χ0v) is 13.0. The van der Waals surface area contributed by atoms with E-state index in [9.17, 15) is 13.6 Å². The van der Waals surface area contributed by atoms with E-state index in [1.165, 1.54) is 26.4 Å². The van der Waals surface area contributed by atoms with Crippen LogP contribution in [-0.4, -0.2) is 20.1 Å². The molecule has 0 aromatic heterocycles. The average Bonchev–Trinajstić information content (AvgIpc) is 2.56. The van der Waals surface area contributed by atoms with E-state index in [0.29, 0.717) is 17.1 Å². The molecule has 23 heavy (non-hydrogen) atoms. The number of carbonyl (C=O) groups excluding carboxylic acids is 1. The summed E-state index contributed by atoms with van der Waals surface area (Å²) in [5.41, 5.74) is 0.373. The molecule has 0 heterocycles. The van der Waals surface area contributed by atoms with Crippen molar-refractivity contribution in [3.05, 3.63) is 59.2 Å². The standard InChI is InChI=1S/C17H17F2NO3/c1-10(15-8-12(18)4-5-16(15)19)20-17(21)11-6-13(22-2)9-14(7-11)23-3/h4-10H,1-3H3,(H,20,21). The van der Waals surface area contributed by atoms with Gasteiger partial charge in [-0.2, -0.15) is 0 Å². The van der Waals surface area contributed by atoms with Crippen molar-refractivity contribution < 1.29 is 23.0 Å². The maximum absolute atomic E-state index is 13.8. The van der Waals surface area contributed by atoms with Crippen molar-refractivity contribution in [3.8, 4) is 11.5 Å². The fraction of sp³-hybridized carbons (Fsp3) is 0.235. The van der Waals surface area contributed by atoms with Gasteiger partial charge >= 0.3 is 0 Å². The number of methoxy groups -OCH3 is 2. The van der Waals surface area contributed by atoms with Crippen molar-refractivity contribution in [2.24, 2.45) is 0 Å². The predicted molar refractivity (Wildman–Crippen MR) is 81.8 cm³/mol. The zero-order valence-electron chi connectivity index (χ0n) is 13.0. The van der Waals surface area contributed by atoms with Gasteiger partial charge in [-0.3, -0.25) is 4.79 Å². The molecule has 0 bridgehead atoms. The highest BCUT2D eigenvalue weighted by atomic mass is 19.1. The van der Waals surface area contributed by atoms with E-state index in [4.69, 9.17) is 9.47 Å². The summed E-state index contributed by atoms with van der Waals surface area (Å²) in [5, 5.41) is 2.63. The minimum Gasteiger partial charge on any atom is -0.497 e. The number of hydrogen-bond acceptors (Lipinski definition) is 3. The Morgan fingerprint density at radius 2 is 1.65 bits per heavy atom. The van der Waals surface area contributed by atoms with Crippen LogP contribution >= 0.6 is 0 Å². The Hall–Kier alpha value is -2.63. The molecule has 122 valence electrons. The van der Waals surface area contributed by atoms with Crippen molar-refractivity contribution in [1.29, 1.82) is 0 Å². The van der Waals surface area contributed by atoms with Gasteiger partial charge in [-0.15, -0.1) is 0 Å². The van der Waals surface area contributed by atoms with Crippen LogP contribution in [0.25, 0.3) is 0 Å². The summed E-state index contributed by atoms with van der Waals surface area (Å²) in [6.07, 6.45) is 0. The Morgan fingerprint density at radius 3 is 2.22 bits per heavy atom. The third-order valence-corrected chi connectivity index (χ3v) is 3.39. The van der Waals surface area contributed by atoms with E-state index < -0.39 is 23.6 Å². The lowest BCUT2D eigenvalue weighted by molar-refractivity contribution is 0.0938. The van der Waals surface area contributed by atoms with Gasteiger partial charge in [0.15, 0.2) is 0 Å². The van der Waals surface area contributed by atoms with Gasteiger partial charge in [-0.05, 0) is 37.3 Å². The van der Waals surface area contributed by atoms with Crippen LogP contribution in [0.5, 0.6) is 11.5 Å². The van der Waals surface area contributed by atoms with Gasteiger partial charge in [0.2, 0.25) is 0 Å². The molecule has 1 amide bonds. The molecule has 0 radical (unpaired) electrons. The van der Waals surface area contributed by atoms with Gasteiger partial charge in [-0.25, -0.2) is 8.78 Å². The summed E-state index contributed by atoms with van der Waals surface area (Å²) >= 11 is 0. The number of benzene rings is 2. The number of halogens is 2. The third kappa shape index (κ3) is 3.97. The van der Waals surface area contributed by atoms with Crippen LogP contribution in [0, 0.1) is 11.6 Å². The lowest BCUT2D eigenvalue weighted by Gasteiger charge is -2.16. The summed E-state index contributed by atoms with van der Waals surface area (Å²) in [6.45, 7) is 1.58. The molecular formula is C17H17F2NO3. The molecule has 2 aromatic rings. The van der Waals surface area contributed by atoms with Gasteiger partial charge in [0.05, 0.1) is 20.3 Å². The number of ether oxygens (including phenoxy) is 2. The van der Waals surface area contributed by atoms with Gasteiger partial charge < -0.3 is 14.8 Å². The minimum absolute atomic E-state index is 0.0770. The van der Waals surface area contributed by atoms with E-state index in [2.05, 4.69) is 5.32 Å². The summed E-state index contributed by atoms with van der Waals surface area (Å²) in [7, 11) is 2.95. The zero-order chi connectivity index (χ0) is 17.0. The van der Waals surface area contributed by atoms with Gasteiger partial charge in [0.1, 0.15) is 23.1 Å². The van der Waals surface area contributed by atoms with Crippen LogP contribution in [0.15, 0.2) is 36.4 Å². The first kappa shape index (κ1) is 16.7. The van der Waals surface area contributed by atoms with Crippen LogP contribution in [0.2, 0.25) is 0 Å². The second-order valence-corrected chi connectivity index (χ2v) is 4.96. The first-order valence-corrected chi connectivity index (χ1v) is 6.93. The topological polar surface area (TPSA) is 47.6 Å². The lowest BCUT2D eigenvalue weighted by atomic mass is 10.1. The Bertz CT molecular complexity index is 697. The van der Waals surface area contributed by atoms with Crippen molar-refractivity contribution in [3.63, 3.8) is 0 Å². The van der Waals surface area contributed by atoms with Crippen LogP contribution in [0.3, 0.4) is 0 Å². The molecule has 0 spiro atoms. The fourth-order valence-electron chi connectivity index (χ4n) is 2.14. The maximum Gasteiger partial charge on any atom is 0.252 e. The molecular weight excluding hydrogens is 304 g/mol. The van der Waals surface area contributed by atoms with E-state index in [-0.39, 0.29) is 5.56 Å². The van der Waals surface area contributed by atoms with E-state index in [1.54, 1.807) is 13.0 Å². The number of hydrogen-bond donors (Lipinski definition) is 1. The smallest absolute Gasteiger partial charge is 0.252 e. The van der Waals surface area contributed by atoms with Crippen LogP contribution < -0.4 is 14.8 Å². The molecule has 0 saturated heterocycles. The Kier molecular flexibility index (Phi) is 5.16. The number of carbonyl (C=O) groups is 1. The average molecular weight is 321 g/mol. The molecule has 6 heteroatoms. The molecule has 1 atom stereocenters. The molecule has 4 nitrogen and oxygen atoms in total. The van der Waals surface area contributed by atoms with Gasteiger partial charge in [0, 0.05) is 17.2 Å². The fourth-order valence-corrected chi connectivity index (χ4v) is 2.14. The van der Waals surface area contributed by atoms with Crippen LogP contribution in [0.1, 0.15) is 28.9 Å². The second-order valence-electron chi connectivity index (χ2n) is 4.96. The molecule has 0 aliphatic rings. The van der Waals surface area contributed by atoms with Crippen molar-refractivity contribution >= 4 is 5.91 Å². The molecule has 0 aliphatic heterocycles. The van der Waals surface area contributed by atoms with Crippen molar-refractivity contribution in [2.45, 2.75) is 13.0 Å². The first-order chi connectivity index (χ1) is 10.9. The molecule has 1 unspecified atom stereocenters. The monoisotopic (exact) mass is 321 g/mol. The highest BCUT2D eigenvalue weighted by Gasteiger charge is 2.17. The minimum atomic E-state index is -0.699. The molecule has 0 saturated carbocycles. The SMILES string of the molecule is COc1cc(OC)cc(C(=O)NC(C)c2cc(F)ccc2F)c1. The van der Waals surface area contributed by atoms with Gasteiger partial charge in [0.25, 0.3) is 5.91 Å². The highest BCUT2D eigenvalue weighted by molar-refractivity contribution is 5.95. The largest absolute Gasteiger partial charge is 0.497 e. The summed E-state index contributed by atoms with van der Waals surface area (Å²) < 4.78 is 37.2. The molecule has 2 aromatic carbocycles.